The molecule has 0 atom stereocenters. The van der Waals surface area contributed by atoms with E-state index in [1.165, 1.54) is 29.8 Å². The van der Waals surface area contributed by atoms with Crippen LogP contribution in [0.5, 0.6) is 17.2 Å². The lowest BCUT2D eigenvalue weighted by Crippen LogP contribution is -2.15. The highest BCUT2D eigenvalue weighted by Crippen LogP contribution is 2.26. The zero-order valence-electron chi connectivity index (χ0n) is 17.9. The molecule has 0 bridgehead atoms. The molecular weight excluding hydrogens is 391 g/mol. The normalized spacial score (nSPS) is 10.9. The predicted molar refractivity (Wildman–Crippen MR) is 124 cm³/mol. The van der Waals surface area contributed by atoms with Gasteiger partial charge in [-0.15, -0.1) is 0 Å². The van der Waals surface area contributed by atoms with Crippen molar-refractivity contribution in [3.63, 3.8) is 0 Å². The van der Waals surface area contributed by atoms with Crippen LogP contribution in [0.25, 0.3) is 0 Å². The standard InChI is InChI=1S/C26H30FO2Si/c1-3-28-23-15-12-22(13-16-23)20-30(4-2)18-8-9-21-14-17-25(27)26(19-21)29-24-10-6-5-7-11-24/h5-7,10-17,19H,3-4,8-9,18,20H2,1-2H3. The van der Waals surface area contributed by atoms with E-state index in [9.17, 15) is 4.39 Å². The molecule has 0 amide bonds. The maximum absolute atomic E-state index is 14.2. The number of rotatable bonds is 11. The first-order valence-electron chi connectivity index (χ1n) is 10.7. The molecule has 157 valence electrons. The largest absolute Gasteiger partial charge is 0.494 e. The van der Waals surface area contributed by atoms with Crippen LogP contribution in [0.4, 0.5) is 4.39 Å². The number of hydrogen-bond donors (Lipinski definition) is 0. The Hall–Kier alpha value is -2.59. The van der Waals surface area contributed by atoms with Crippen molar-refractivity contribution in [3.05, 3.63) is 89.7 Å². The van der Waals surface area contributed by atoms with Crippen molar-refractivity contribution in [2.45, 2.75) is 44.8 Å². The van der Waals surface area contributed by atoms with Crippen LogP contribution in [0.1, 0.15) is 31.4 Å². The van der Waals surface area contributed by atoms with Crippen molar-refractivity contribution in [3.8, 4) is 17.2 Å². The molecule has 4 heteroatoms. The fraction of sp³-hybridized carbons (Fsp3) is 0.308. The zero-order valence-corrected chi connectivity index (χ0v) is 18.9. The highest BCUT2D eigenvalue weighted by Gasteiger charge is 2.11. The molecule has 0 saturated carbocycles. The summed E-state index contributed by atoms with van der Waals surface area (Å²) in [7, 11) is -0.443. The molecular formula is C26H30FO2Si. The smallest absolute Gasteiger partial charge is 0.165 e. The van der Waals surface area contributed by atoms with Gasteiger partial charge in [-0.25, -0.2) is 4.39 Å². The van der Waals surface area contributed by atoms with Crippen LogP contribution in [0.2, 0.25) is 12.1 Å². The second kappa shape index (κ2) is 11.6. The minimum atomic E-state index is -0.443. The van der Waals surface area contributed by atoms with Crippen molar-refractivity contribution < 1.29 is 13.9 Å². The fourth-order valence-corrected chi connectivity index (χ4v) is 5.76. The molecule has 1 radical (unpaired) electrons. The summed E-state index contributed by atoms with van der Waals surface area (Å²) in [6.07, 6.45) is 2.07. The summed E-state index contributed by atoms with van der Waals surface area (Å²) in [5.74, 6) is 1.57. The molecule has 0 N–H and O–H groups in total. The van der Waals surface area contributed by atoms with Crippen LogP contribution in [-0.2, 0) is 12.5 Å². The van der Waals surface area contributed by atoms with E-state index in [1.54, 1.807) is 0 Å². The first kappa shape index (κ1) is 22.1. The Bertz CT molecular complexity index is 897. The first-order chi connectivity index (χ1) is 14.7. The van der Waals surface area contributed by atoms with Gasteiger partial charge in [-0.2, -0.15) is 0 Å². The minimum absolute atomic E-state index is 0.300. The van der Waals surface area contributed by atoms with Crippen LogP contribution in [-0.4, -0.2) is 15.4 Å². The van der Waals surface area contributed by atoms with Crippen molar-refractivity contribution in [1.82, 2.24) is 0 Å². The van der Waals surface area contributed by atoms with Gasteiger partial charge in [0.15, 0.2) is 11.6 Å². The van der Waals surface area contributed by atoms with Gasteiger partial charge in [0.2, 0.25) is 0 Å². The zero-order chi connectivity index (χ0) is 21.2. The van der Waals surface area contributed by atoms with Crippen molar-refractivity contribution in [2.24, 2.45) is 0 Å². The van der Waals surface area contributed by atoms with Crippen LogP contribution in [0.3, 0.4) is 0 Å². The van der Waals surface area contributed by atoms with Crippen LogP contribution in [0.15, 0.2) is 72.8 Å². The topological polar surface area (TPSA) is 18.5 Å². The number of hydrogen-bond acceptors (Lipinski definition) is 2. The number of para-hydroxylation sites is 1. The summed E-state index contributed by atoms with van der Waals surface area (Å²) in [5, 5.41) is 0. The summed E-state index contributed by atoms with van der Waals surface area (Å²) >= 11 is 0. The lowest BCUT2D eigenvalue weighted by atomic mass is 10.1. The molecule has 0 aliphatic carbocycles. The van der Waals surface area contributed by atoms with Crippen LogP contribution >= 0.6 is 0 Å². The van der Waals surface area contributed by atoms with Crippen molar-refractivity contribution >= 4 is 8.80 Å². The lowest BCUT2D eigenvalue weighted by molar-refractivity contribution is 0.340. The average molecular weight is 422 g/mol. The van der Waals surface area contributed by atoms with Crippen molar-refractivity contribution in [1.29, 1.82) is 0 Å². The molecule has 2 nitrogen and oxygen atoms in total. The summed E-state index contributed by atoms with van der Waals surface area (Å²) in [6.45, 7) is 5.00. The van der Waals surface area contributed by atoms with E-state index in [2.05, 4.69) is 31.2 Å². The molecule has 0 spiro atoms. The molecule has 0 unspecified atom stereocenters. The summed E-state index contributed by atoms with van der Waals surface area (Å²) in [5.41, 5.74) is 2.52. The van der Waals surface area contributed by atoms with Crippen LogP contribution in [0, 0.1) is 5.82 Å². The number of aryl methyl sites for hydroxylation is 1. The maximum atomic E-state index is 14.2. The molecule has 0 heterocycles. The third-order valence-corrected chi connectivity index (χ3v) is 8.12. The van der Waals surface area contributed by atoms with E-state index in [4.69, 9.17) is 9.47 Å². The molecule has 0 saturated heterocycles. The SMILES string of the molecule is CCOc1ccc(C[Si](CC)CCCc2ccc(F)c(Oc3ccccc3)c2)cc1. The van der Waals surface area contributed by atoms with E-state index in [-0.39, 0.29) is 5.82 Å². The third kappa shape index (κ3) is 6.73. The maximum Gasteiger partial charge on any atom is 0.165 e. The highest BCUT2D eigenvalue weighted by atomic mass is 28.3. The van der Waals surface area contributed by atoms with Gasteiger partial charge in [-0.05, 0) is 61.4 Å². The van der Waals surface area contributed by atoms with Gasteiger partial charge >= 0.3 is 0 Å². The van der Waals surface area contributed by atoms with Gasteiger partial charge < -0.3 is 9.47 Å². The van der Waals surface area contributed by atoms with Gasteiger partial charge in [0.05, 0.1) is 15.4 Å². The summed E-state index contributed by atoms with van der Waals surface area (Å²) in [4.78, 5) is 0. The quantitative estimate of drug-likeness (QED) is 0.304. The van der Waals surface area contributed by atoms with E-state index in [1.807, 2.05) is 49.4 Å². The highest BCUT2D eigenvalue weighted by molar-refractivity contribution is 6.58. The molecule has 3 aromatic carbocycles. The average Bonchev–Trinajstić information content (AvgIpc) is 2.77. The van der Waals surface area contributed by atoms with Gasteiger partial charge in [0, 0.05) is 0 Å². The summed E-state index contributed by atoms with van der Waals surface area (Å²) in [6, 6.07) is 26.8. The van der Waals surface area contributed by atoms with E-state index in [0.29, 0.717) is 18.1 Å². The molecule has 30 heavy (non-hydrogen) atoms. The van der Waals surface area contributed by atoms with Crippen LogP contribution < -0.4 is 9.47 Å². The molecule has 3 rings (SSSR count). The molecule has 0 aliphatic heterocycles. The van der Waals surface area contributed by atoms with E-state index in [0.717, 1.165) is 24.2 Å². The molecule has 0 fully saturated rings. The molecule has 0 aromatic heterocycles. The Morgan fingerprint density at radius 3 is 2.27 bits per heavy atom. The Labute approximate surface area is 181 Å². The summed E-state index contributed by atoms with van der Waals surface area (Å²) < 4.78 is 25.4. The Morgan fingerprint density at radius 1 is 0.833 bits per heavy atom. The van der Waals surface area contributed by atoms with Gasteiger partial charge in [-0.3, -0.25) is 0 Å². The van der Waals surface area contributed by atoms with Gasteiger partial charge in [0.1, 0.15) is 11.5 Å². The first-order valence-corrected chi connectivity index (χ1v) is 12.9. The number of benzene rings is 3. The van der Waals surface area contributed by atoms with E-state index < -0.39 is 8.80 Å². The molecule has 3 aromatic rings. The molecule has 0 aliphatic rings. The van der Waals surface area contributed by atoms with Gasteiger partial charge in [0.25, 0.3) is 0 Å². The van der Waals surface area contributed by atoms with Crippen molar-refractivity contribution in [2.75, 3.05) is 6.61 Å². The van der Waals surface area contributed by atoms with Gasteiger partial charge in [-0.1, -0.05) is 67.4 Å². The monoisotopic (exact) mass is 421 g/mol. The second-order valence-corrected chi connectivity index (χ2v) is 10.5. The Kier molecular flexibility index (Phi) is 8.51. The minimum Gasteiger partial charge on any atom is -0.494 e. The van der Waals surface area contributed by atoms with E-state index >= 15 is 0 Å². The predicted octanol–water partition coefficient (Wildman–Crippen LogP) is 7.25. The lowest BCUT2D eigenvalue weighted by Gasteiger charge is -2.14. The fourth-order valence-electron chi connectivity index (χ4n) is 3.49. The third-order valence-electron chi connectivity index (χ3n) is 5.15. The number of ether oxygens (including phenoxy) is 2. The Morgan fingerprint density at radius 2 is 1.57 bits per heavy atom. The second-order valence-electron chi connectivity index (χ2n) is 7.39. The Balaban J connectivity index is 1.52. The number of halogens is 1.